The summed E-state index contributed by atoms with van der Waals surface area (Å²) in [5.74, 6) is -0.373. The average Bonchev–Trinajstić information content (AvgIpc) is 2.89. The molecule has 0 atom stereocenters. The minimum absolute atomic E-state index is 0.136. The second kappa shape index (κ2) is 11.6. The Morgan fingerprint density at radius 2 is 1.68 bits per heavy atom. The maximum atomic E-state index is 15.1. The molecule has 3 heterocycles. The van der Waals surface area contributed by atoms with E-state index in [1.165, 1.54) is 6.33 Å². The molecule has 0 radical (unpaired) electrons. The van der Waals surface area contributed by atoms with Gasteiger partial charge in [-0.1, -0.05) is 43.5 Å². The van der Waals surface area contributed by atoms with Crippen LogP contribution in [0.2, 0.25) is 0 Å². The Balaban J connectivity index is 0.00000158. The van der Waals surface area contributed by atoms with Gasteiger partial charge in [0.05, 0.1) is 12.9 Å². The summed E-state index contributed by atoms with van der Waals surface area (Å²) in [6.45, 7) is 9.92. The van der Waals surface area contributed by atoms with E-state index < -0.39 is 5.82 Å². The second-order valence-corrected chi connectivity index (χ2v) is 7.23. The second-order valence-electron chi connectivity index (χ2n) is 7.23. The van der Waals surface area contributed by atoms with Crippen molar-refractivity contribution in [3.8, 4) is 22.5 Å². The van der Waals surface area contributed by atoms with Crippen LogP contribution in [-0.2, 0) is 6.54 Å². The molecule has 0 fully saturated rings. The number of hydrogen-bond acceptors (Lipinski definition) is 5. The van der Waals surface area contributed by atoms with Crippen LogP contribution in [0.15, 0.2) is 74.3 Å². The highest BCUT2D eigenvalue weighted by Crippen LogP contribution is 2.27. The Hall–Kier alpha value is -4.26. The fourth-order valence-electron chi connectivity index (χ4n) is 3.37. The molecule has 1 N–H and O–H groups in total. The molecular weight excluding hydrogens is 432 g/mol. The van der Waals surface area contributed by atoms with Gasteiger partial charge < -0.3 is 5.32 Å². The van der Waals surface area contributed by atoms with Crippen molar-refractivity contribution >= 4 is 18.0 Å². The number of halogens is 2. The number of aryl methyl sites for hydroxylation is 1. The van der Waals surface area contributed by atoms with E-state index >= 15 is 4.39 Å². The molecule has 4 rings (SSSR count). The van der Waals surface area contributed by atoms with Gasteiger partial charge in [0.15, 0.2) is 11.6 Å². The summed E-state index contributed by atoms with van der Waals surface area (Å²) in [6, 6.07) is 13.3. The Kier molecular flexibility index (Phi) is 8.29. The molecule has 3 aromatic heterocycles. The number of benzene rings is 1. The molecule has 0 saturated heterocycles. The molecular formula is C27H25F2N5. The smallest absolute Gasteiger partial charge is 0.191 e. The van der Waals surface area contributed by atoms with Gasteiger partial charge in [0, 0.05) is 35.8 Å². The number of aromatic nitrogens is 4. The lowest BCUT2D eigenvalue weighted by atomic mass is 10.0. The van der Waals surface area contributed by atoms with Gasteiger partial charge in [-0.25, -0.2) is 14.4 Å². The fraction of sp³-hybridized carbons (Fsp3) is 0.111. The van der Waals surface area contributed by atoms with Gasteiger partial charge in [-0.05, 0) is 47.9 Å². The Morgan fingerprint density at radius 3 is 2.35 bits per heavy atom. The van der Waals surface area contributed by atoms with Crippen molar-refractivity contribution in [1.29, 1.82) is 0 Å². The monoisotopic (exact) mass is 457 g/mol. The highest BCUT2D eigenvalue weighted by molar-refractivity contribution is 5.72. The van der Waals surface area contributed by atoms with Gasteiger partial charge in [-0.3, -0.25) is 14.4 Å². The zero-order valence-corrected chi connectivity index (χ0v) is 19.1. The van der Waals surface area contributed by atoms with Crippen molar-refractivity contribution in [3.63, 3.8) is 0 Å². The fourth-order valence-corrected chi connectivity index (χ4v) is 3.37. The summed E-state index contributed by atoms with van der Waals surface area (Å²) < 4.78 is 24.6. The maximum Gasteiger partial charge on any atom is 0.191 e. The van der Waals surface area contributed by atoms with E-state index in [1.54, 1.807) is 24.5 Å². The molecule has 7 heteroatoms. The van der Waals surface area contributed by atoms with Gasteiger partial charge >= 0.3 is 0 Å². The van der Waals surface area contributed by atoms with E-state index in [0.29, 0.717) is 19.3 Å². The number of alkyl halides is 1. The third kappa shape index (κ3) is 5.56. The van der Waals surface area contributed by atoms with Crippen LogP contribution in [0, 0.1) is 12.7 Å². The Bertz CT molecular complexity index is 1290. The van der Waals surface area contributed by atoms with Crippen LogP contribution in [0.1, 0.15) is 22.4 Å². The molecule has 0 saturated carbocycles. The minimum atomic E-state index is -0.509. The van der Waals surface area contributed by atoms with Crippen LogP contribution in [0.4, 0.5) is 14.6 Å². The molecule has 5 nitrogen and oxygen atoms in total. The molecule has 0 aliphatic carbocycles. The lowest BCUT2D eigenvalue weighted by molar-refractivity contribution is 0.621. The molecule has 0 spiro atoms. The van der Waals surface area contributed by atoms with E-state index in [-0.39, 0.29) is 11.5 Å². The Morgan fingerprint density at radius 1 is 0.882 bits per heavy atom. The quantitative estimate of drug-likeness (QED) is 0.342. The van der Waals surface area contributed by atoms with Gasteiger partial charge in [0.1, 0.15) is 12.0 Å². The molecule has 0 amide bonds. The predicted octanol–water partition coefficient (Wildman–Crippen LogP) is 6.53. The Labute approximate surface area is 198 Å². The van der Waals surface area contributed by atoms with E-state index in [2.05, 4.69) is 38.4 Å². The van der Waals surface area contributed by atoms with E-state index in [4.69, 9.17) is 0 Å². The van der Waals surface area contributed by atoms with Crippen molar-refractivity contribution in [1.82, 2.24) is 19.9 Å². The molecule has 0 bridgehead atoms. The first-order valence-electron chi connectivity index (χ1n) is 10.5. The third-order valence-corrected chi connectivity index (χ3v) is 5.07. The van der Waals surface area contributed by atoms with Crippen LogP contribution >= 0.6 is 0 Å². The van der Waals surface area contributed by atoms with E-state index in [0.717, 1.165) is 33.6 Å². The first-order valence-corrected chi connectivity index (χ1v) is 10.5. The van der Waals surface area contributed by atoms with Gasteiger partial charge in [-0.2, -0.15) is 0 Å². The summed E-state index contributed by atoms with van der Waals surface area (Å²) in [6.07, 6.45) is 8.33. The number of nitrogens with zero attached hydrogens (tertiary/aromatic N) is 4. The van der Waals surface area contributed by atoms with Crippen LogP contribution in [0.25, 0.3) is 34.7 Å². The van der Waals surface area contributed by atoms with E-state index in [9.17, 15) is 4.39 Å². The summed E-state index contributed by atoms with van der Waals surface area (Å²) in [5, 5.41) is 3.05. The van der Waals surface area contributed by atoms with Crippen LogP contribution in [-0.4, -0.2) is 27.1 Å². The van der Waals surface area contributed by atoms with E-state index in [1.807, 2.05) is 49.4 Å². The molecule has 34 heavy (non-hydrogen) atoms. The molecule has 0 unspecified atom stereocenters. The SMILES string of the molecule is C=Cc1ccc(-c2ncnc(NCc3ccc(-c4ccnc(C)c4)nc3)c2F)cc1C=C.CF. The van der Waals surface area contributed by atoms with Crippen molar-refractivity contribution in [2.24, 2.45) is 0 Å². The van der Waals surface area contributed by atoms with Gasteiger partial charge in [-0.15, -0.1) is 0 Å². The predicted molar refractivity (Wildman–Crippen MR) is 134 cm³/mol. The first-order chi connectivity index (χ1) is 16.6. The normalized spacial score (nSPS) is 10.1. The molecule has 0 aliphatic rings. The zero-order valence-electron chi connectivity index (χ0n) is 19.1. The lowest BCUT2D eigenvalue weighted by Crippen LogP contribution is -2.06. The topological polar surface area (TPSA) is 63.6 Å². The van der Waals surface area contributed by atoms with Crippen LogP contribution in [0.5, 0.6) is 0 Å². The van der Waals surface area contributed by atoms with Gasteiger partial charge in [0.2, 0.25) is 0 Å². The number of nitrogens with one attached hydrogen (secondary N) is 1. The number of hydrogen-bond donors (Lipinski definition) is 1. The van der Waals surface area contributed by atoms with Crippen LogP contribution < -0.4 is 5.32 Å². The first kappa shape index (κ1) is 24.4. The molecule has 4 aromatic rings. The molecule has 0 aliphatic heterocycles. The highest BCUT2D eigenvalue weighted by Gasteiger charge is 2.14. The highest BCUT2D eigenvalue weighted by atomic mass is 19.1. The van der Waals surface area contributed by atoms with Crippen molar-refractivity contribution < 1.29 is 8.78 Å². The summed E-state index contributed by atoms with van der Waals surface area (Å²) in [4.78, 5) is 16.9. The van der Waals surface area contributed by atoms with Gasteiger partial charge in [0.25, 0.3) is 0 Å². The van der Waals surface area contributed by atoms with Crippen molar-refractivity contribution in [2.45, 2.75) is 13.5 Å². The molecule has 1 aromatic carbocycles. The standard InChI is InChI=1S/C26H22FN5.CH3F/c1-4-19-7-8-22(13-20(19)5-2)25-24(27)26(32-16-31-25)30-15-18-6-9-23(29-14-18)21-10-11-28-17(3)12-21;1-2/h4-14,16H,1-2,15H2,3H3,(H,30,31,32);1H3. The molecule has 172 valence electrons. The summed E-state index contributed by atoms with van der Waals surface area (Å²) in [5.41, 5.74) is 6.36. The largest absolute Gasteiger partial charge is 0.363 e. The maximum absolute atomic E-state index is 15.1. The van der Waals surface area contributed by atoms with Crippen LogP contribution in [0.3, 0.4) is 0 Å². The lowest BCUT2D eigenvalue weighted by Gasteiger charge is -2.11. The summed E-state index contributed by atoms with van der Waals surface area (Å²) in [7, 11) is 0.500. The third-order valence-electron chi connectivity index (χ3n) is 5.07. The minimum Gasteiger partial charge on any atom is -0.363 e. The number of anilines is 1. The number of pyridine rings is 2. The van der Waals surface area contributed by atoms with Crippen molar-refractivity contribution in [2.75, 3.05) is 12.5 Å². The number of rotatable bonds is 7. The zero-order chi connectivity index (χ0) is 24.5. The van der Waals surface area contributed by atoms with Crippen molar-refractivity contribution in [3.05, 3.63) is 103 Å². The average molecular weight is 458 g/mol. The summed E-state index contributed by atoms with van der Waals surface area (Å²) >= 11 is 0.